The van der Waals surface area contributed by atoms with Gasteiger partial charge >= 0.3 is 0 Å². The Morgan fingerprint density at radius 2 is 1.91 bits per heavy atom. The van der Waals surface area contributed by atoms with Gasteiger partial charge in [-0.1, -0.05) is 35.9 Å². The van der Waals surface area contributed by atoms with Crippen LogP contribution in [-0.2, 0) is 17.8 Å². The van der Waals surface area contributed by atoms with Crippen molar-refractivity contribution >= 4 is 17.5 Å². The first-order valence-corrected chi connectivity index (χ1v) is 10.9. The molecule has 0 fully saturated rings. The van der Waals surface area contributed by atoms with Crippen LogP contribution in [0.25, 0.3) is 0 Å². The van der Waals surface area contributed by atoms with Crippen molar-refractivity contribution in [1.82, 2.24) is 4.90 Å². The molecule has 3 aromatic rings. The van der Waals surface area contributed by atoms with Gasteiger partial charge in [0.25, 0.3) is 11.8 Å². The third kappa shape index (κ3) is 4.48. The molecule has 5 rings (SSSR count). The number of benzene rings is 3. The van der Waals surface area contributed by atoms with Crippen LogP contribution in [0.15, 0.2) is 60.7 Å². The van der Waals surface area contributed by atoms with Crippen molar-refractivity contribution in [3.05, 3.63) is 82.9 Å². The highest BCUT2D eigenvalue weighted by Gasteiger charge is 2.27. The zero-order valence-electron chi connectivity index (χ0n) is 18.3. The molecule has 0 unspecified atom stereocenters. The summed E-state index contributed by atoms with van der Waals surface area (Å²) in [4.78, 5) is 27.4. The summed E-state index contributed by atoms with van der Waals surface area (Å²) in [6.07, 6.45) is 0.673. The van der Waals surface area contributed by atoms with E-state index in [-0.39, 0.29) is 25.2 Å². The fraction of sp³-hybridized carbons (Fsp3) is 0.231. The van der Waals surface area contributed by atoms with E-state index in [4.69, 9.17) is 14.2 Å². The quantitative estimate of drug-likeness (QED) is 0.623. The van der Waals surface area contributed by atoms with Crippen molar-refractivity contribution in [1.29, 1.82) is 0 Å². The molecule has 2 aliphatic rings. The summed E-state index contributed by atoms with van der Waals surface area (Å²) in [5, 5.41) is 2.79. The van der Waals surface area contributed by atoms with Gasteiger partial charge in [-0.15, -0.1) is 0 Å². The number of rotatable bonds is 6. The SMILES string of the molecule is Cc1cccc(CN2CCc3c(OCC(=O)Nc4ccc5c(c4)OCO5)cccc3C2=O)c1. The van der Waals surface area contributed by atoms with Gasteiger partial charge in [-0.25, -0.2) is 0 Å². The summed E-state index contributed by atoms with van der Waals surface area (Å²) < 4.78 is 16.4. The van der Waals surface area contributed by atoms with E-state index in [2.05, 4.69) is 11.4 Å². The first kappa shape index (κ1) is 20.9. The lowest BCUT2D eigenvalue weighted by molar-refractivity contribution is -0.118. The zero-order chi connectivity index (χ0) is 22.8. The van der Waals surface area contributed by atoms with Crippen LogP contribution in [0.2, 0.25) is 0 Å². The Balaban J connectivity index is 1.23. The molecule has 7 heteroatoms. The predicted molar refractivity (Wildman–Crippen MR) is 123 cm³/mol. The molecule has 0 aromatic heterocycles. The molecule has 0 bridgehead atoms. The maximum absolute atomic E-state index is 13.1. The van der Waals surface area contributed by atoms with Crippen LogP contribution in [0.4, 0.5) is 5.69 Å². The maximum atomic E-state index is 13.1. The van der Waals surface area contributed by atoms with Crippen molar-refractivity contribution in [3.8, 4) is 17.2 Å². The van der Waals surface area contributed by atoms with Gasteiger partial charge in [-0.3, -0.25) is 9.59 Å². The first-order valence-electron chi connectivity index (χ1n) is 10.9. The molecule has 0 saturated carbocycles. The average molecular weight is 444 g/mol. The lowest BCUT2D eigenvalue weighted by Crippen LogP contribution is -2.37. The van der Waals surface area contributed by atoms with E-state index in [1.165, 1.54) is 5.56 Å². The van der Waals surface area contributed by atoms with Crippen LogP contribution >= 0.6 is 0 Å². The molecule has 0 saturated heterocycles. The number of carbonyl (C=O) groups is 2. The summed E-state index contributed by atoms with van der Waals surface area (Å²) in [6.45, 7) is 3.23. The molecular formula is C26H24N2O5. The normalized spacial score (nSPS) is 14.1. The molecule has 0 radical (unpaired) electrons. The molecular weight excluding hydrogens is 420 g/mol. The second kappa shape index (κ2) is 8.86. The monoisotopic (exact) mass is 444 g/mol. The molecule has 1 N–H and O–H groups in total. The minimum absolute atomic E-state index is 0.0204. The van der Waals surface area contributed by atoms with E-state index >= 15 is 0 Å². The number of carbonyl (C=O) groups excluding carboxylic acids is 2. The summed E-state index contributed by atoms with van der Waals surface area (Å²) in [6, 6.07) is 18.8. The van der Waals surface area contributed by atoms with Crippen LogP contribution in [0.3, 0.4) is 0 Å². The summed E-state index contributed by atoms with van der Waals surface area (Å²) >= 11 is 0. The Morgan fingerprint density at radius 1 is 1.06 bits per heavy atom. The van der Waals surface area contributed by atoms with Gasteiger partial charge in [-0.2, -0.15) is 0 Å². The molecule has 2 aliphatic heterocycles. The topological polar surface area (TPSA) is 77.1 Å². The van der Waals surface area contributed by atoms with Crippen molar-refractivity contribution < 1.29 is 23.8 Å². The number of hydrogen-bond acceptors (Lipinski definition) is 5. The van der Waals surface area contributed by atoms with E-state index in [9.17, 15) is 9.59 Å². The van der Waals surface area contributed by atoms with Crippen molar-refractivity contribution in [2.24, 2.45) is 0 Å². The van der Waals surface area contributed by atoms with Crippen LogP contribution in [-0.4, -0.2) is 36.7 Å². The first-order chi connectivity index (χ1) is 16.1. The fourth-order valence-electron chi connectivity index (χ4n) is 4.17. The van der Waals surface area contributed by atoms with E-state index < -0.39 is 0 Å². The van der Waals surface area contributed by atoms with Gasteiger partial charge in [0.1, 0.15) is 5.75 Å². The van der Waals surface area contributed by atoms with Crippen LogP contribution in [0.5, 0.6) is 17.2 Å². The summed E-state index contributed by atoms with van der Waals surface area (Å²) in [5.41, 5.74) is 4.36. The molecule has 0 spiro atoms. The Morgan fingerprint density at radius 3 is 2.79 bits per heavy atom. The Labute approximate surface area is 191 Å². The van der Waals surface area contributed by atoms with Gasteiger partial charge in [0.05, 0.1) is 0 Å². The number of aryl methyl sites for hydroxylation is 1. The Kier molecular flexibility index (Phi) is 5.60. The largest absolute Gasteiger partial charge is 0.483 e. The number of fused-ring (bicyclic) bond motifs is 2. The second-order valence-corrected chi connectivity index (χ2v) is 8.15. The number of hydrogen-bond donors (Lipinski definition) is 1. The smallest absolute Gasteiger partial charge is 0.262 e. The minimum Gasteiger partial charge on any atom is -0.483 e. The second-order valence-electron chi connectivity index (χ2n) is 8.15. The van der Waals surface area contributed by atoms with Crippen LogP contribution in [0, 0.1) is 6.92 Å². The van der Waals surface area contributed by atoms with Gasteiger partial charge in [-0.05, 0) is 43.2 Å². The summed E-state index contributed by atoms with van der Waals surface area (Å²) in [7, 11) is 0. The molecule has 0 atom stereocenters. The van der Waals surface area contributed by atoms with Gasteiger partial charge in [0.2, 0.25) is 6.79 Å². The Hall–Kier alpha value is -4.00. The molecule has 33 heavy (non-hydrogen) atoms. The minimum atomic E-state index is -0.297. The maximum Gasteiger partial charge on any atom is 0.262 e. The molecule has 0 aliphatic carbocycles. The zero-order valence-corrected chi connectivity index (χ0v) is 18.3. The summed E-state index contributed by atoms with van der Waals surface area (Å²) in [5.74, 6) is 1.50. The standard InChI is InChI=1S/C26H24N2O5/c1-17-4-2-5-18(12-17)14-28-11-10-20-21(26(28)30)6-3-7-22(20)31-15-25(29)27-19-8-9-23-24(13-19)33-16-32-23/h2-9,12-13H,10-11,14-16H2,1H3,(H,27,29). The molecule has 7 nitrogen and oxygen atoms in total. The van der Waals surface area contributed by atoms with Crippen LogP contribution < -0.4 is 19.5 Å². The number of nitrogens with one attached hydrogen (secondary N) is 1. The Bertz CT molecular complexity index is 1220. The highest BCUT2D eigenvalue weighted by Crippen LogP contribution is 2.34. The number of ether oxygens (including phenoxy) is 3. The van der Waals surface area contributed by atoms with E-state index in [1.807, 2.05) is 36.1 Å². The lowest BCUT2D eigenvalue weighted by atomic mass is 9.97. The van der Waals surface area contributed by atoms with Gasteiger partial charge in [0, 0.05) is 36.0 Å². The predicted octanol–water partition coefficient (Wildman–Crippen LogP) is 3.94. The van der Waals surface area contributed by atoms with Gasteiger partial charge < -0.3 is 24.4 Å². The van der Waals surface area contributed by atoms with E-state index in [1.54, 1.807) is 30.3 Å². The van der Waals surface area contributed by atoms with E-state index in [0.717, 1.165) is 11.1 Å². The highest BCUT2D eigenvalue weighted by atomic mass is 16.7. The number of nitrogens with zero attached hydrogens (tertiary/aromatic N) is 1. The molecule has 3 aromatic carbocycles. The molecule has 2 amide bonds. The lowest BCUT2D eigenvalue weighted by Gasteiger charge is -2.29. The van der Waals surface area contributed by atoms with Crippen LogP contribution in [0.1, 0.15) is 27.0 Å². The highest BCUT2D eigenvalue weighted by molar-refractivity contribution is 5.97. The van der Waals surface area contributed by atoms with E-state index in [0.29, 0.717) is 48.0 Å². The van der Waals surface area contributed by atoms with Gasteiger partial charge in [0.15, 0.2) is 18.1 Å². The third-order valence-electron chi connectivity index (χ3n) is 5.75. The van der Waals surface area contributed by atoms with Crippen molar-refractivity contribution in [2.75, 3.05) is 25.3 Å². The number of amides is 2. The van der Waals surface area contributed by atoms with Crippen molar-refractivity contribution in [3.63, 3.8) is 0 Å². The molecule has 168 valence electrons. The average Bonchev–Trinajstić information content (AvgIpc) is 3.28. The third-order valence-corrected chi connectivity index (χ3v) is 5.75. The number of anilines is 1. The molecule has 2 heterocycles. The van der Waals surface area contributed by atoms with Crippen molar-refractivity contribution in [2.45, 2.75) is 19.9 Å². The fourth-order valence-corrected chi connectivity index (χ4v) is 4.17.